The van der Waals surface area contributed by atoms with Crippen molar-refractivity contribution >= 4 is 0 Å². The average Bonchev–Trinajstić information content (AvgIpc) is 2.23. The van der Waals surface area contributed by atoms with Gasteiger partial charge in [0.05, 0.1) is 5.69 Å². The Morgan fingerprint density at radius 3 is 2.67 bits per heavy atom. The van der Waals surface area contributed by atoms with Crippen LogP contribution >= 0.6 is 0 Å². The highest BCUT2D eigenvalue weighted by atomic mass is 16.3. The molecular formula is C15H24N2O. The molecule has 2 rings (SSSR count). The van der Waals surface area contributed by atoms with Gasteiger partial charge in [-0.25, -0.2) is 0 Å². The number of aliphatic hydroxyl groups is 1. The minimum atomic E-state index is -0.524. The van der Waals surface area contributed by atoms with Crippen molar-refractivity contribution in [3.05, 3.63) is 29.6 Å². The summed E-state index contributed by atoms with van der Waals surface area (Å²) in [4.78, 5) is 4.61. The summed E-state index contributed by atoms with van der Waals surface area (Å²) in [5, 5.41) is 13.5. The molecule has 0 radical (unpaired) electrons. The summed E-state index contributed by atoms with van der Waals surface area (Å²) < 4.78 is 0. The number of nitrogens with zero attached hydrogens (tertiary/aromatic N) is 1. The molecule has 0 unspecified atom stereocenters. The second kappa shape index (κ2) is 5.37. The van der Waals surface area contributed by atoms with Gasteiger partial charge in [-0.3, -0.25) is 4.98 Å². The molecule has 0 saturated heterocycles. The van der Waals surface area contributed by atoms with Crippen molar-refractivity contribution in [2.45, 2.75) is 57.6 Å². The standard InChI is InChI=1S/C15H24N2O/c1-15(2,3)16-10-14(18)13-9-5-8-12(17-13)11-6-4-7-11/h5,8-9,11,14,16,18H,4,6-7,10H2,1-3H3/t14-/m0/s1. The Morgan fingerprint density at radius 2 is 2.11 bits per heavy atom. The molecule has 100 valence electrons. The fourth-order valence-electron chi connectivity index (χ4n) is 2.09. The van der Waals surface area contributed by atoms with Gasteiger partial charge in [-0.1, -0.05) is 12.5 Å². The molecule has 1 saturated carbocycles. The van der Waals surface area contributed by atoms with E-state index in [-0.39, 0.29) is 5.54 Å². The van der Waals surface area contributed by atoms with Gasteiger partial charge in [0.2, 0.25) is 0 Å². The zero-order valence-corrected chi connectivity index (χ0v) is 11.6. The topological polar surface area (TPSA) is 45.1 Å². The number of hydrogen-bond acceptors (Lipinski definition) is 3. The molecule has 1 fully saturated rings. The molecule has 1 aromatic rings. The molecule has 0 bridgehead atoms. The van der Waals surface area contributed by atoms with Crippen LogP contribution in [0.15, 0.2) is 18.2 Å². The van der Waals surface area contributed by atoms with Crippen LogP contribution in [0.5, 0.6) is 0 Å². The highest BCUT2D eigenvalue weighted by molar-refractivity contribution is 5.18. The zero-order valence-electron chi connectivity index (χ0n) is 11.6. The molecule has 3 nitrogen and oxygen atoms in total. The summed E-state index contributed by atoms with van der Waals surface area (Å²) >= 11 is 0. The lowest BCUT2D eigenvalue weighted by molar-refractivity contribution is 0.158. The lowest BCUT2D eigenvalue weighted by Gasteiger charge is -2.26. The molecule has 18 heavy (non-hydrogen) atoms. The molecule has 1 heterocycles. The number of hydrogen-bond donors (Lipinski definition) is 2. The SMILES string of the molecule is CC(C)(C)NC[C@H](O)c1cccc(C2CCC2)n1. The Morgan fingerprint density at radius 1 is 1.39 bits per heavy atom. The van der Waals surface area contributed by atoms with Gasteiger partial charge >= 0.3 is 0 Å². The van der Waals surface area contributed by atoms with Gasteiger partial charge in [0.1, 0.15) is 6.10 Å². The van der Waals surface area contributed by atoms with Crippen molar-refractivity contribution < 1.29 is 5.11 Å². The third-order valence-electron chi connectivity index (χ3n) is 3.48. The predicted octanol–water partition coefficient (Wildman–Crippen LogP) is 2.77. The van der Waals surface area contributed by atoms with Crippen LogP contribution in [-0.4, -0.2) is 22.2 Å². The van der Waals surface area contributed by atoms with Crippen molar-refractivity contribution in [3.8, 4) is 0 Å². The number of nitrogens with one attached hydrogen (secondary N) is 1. The lowest BCUT2D eigenvalue weighted by Crippen LogP contribution is -2.38. The van der Waals surface area contributed by atoms with Crippen LogP contribution in [0.2, 0.25) is 0 Å². The minimum absolute atomic E-state index is 0.0204. The van der Waals surface area contributed by atoms with Crippen LogP contribution in [-0.2, 0) is 0 Å². The number of aromatic nitrogens is 1. The first-order chi connectivity index (χ1) is 8.46. The summed E-state index contributed by atoms with van der Waals surface area (Å²) in [7, 11) is 0. The second-order valence-electron chi connectivity index (χ2n) is 6.26. The summed E-state index contributed by atoms with van der Waals surface area (Å²) in [6.07, 6.45) is 3.27. The Kier molecular flexibility index (Phi) is 4.03. The van der Waals surface area contributed by atoms with Crippen LogP contribution in [0.3, 0.4) is 0 Å². The van der Waals surface area contributed by atoms with E-state index in [1.54, 1.807) is 0 Å². The van der Waals surface area contributed by atoms with Gasteiger partial charge in [0.15, 0.2) is 0 Å². The third kappa shape index (κ3) is 3.53. The van der Waals surface area contributed by atoms with E-state index in [1.807, 2.05) is 12.1 Å². The summed E-state index contributed by atoms with van der Waals surface area (Å²) in [6, 6.07) is 6.00. The Balaban J connectivity index is 1.98. The Hall–Kier alpha value is -0.930. The highest BCUT2D eigenvalue weighted by Gasteiger charge is 2.22. The van der Waals surface area contributed by atoms with Gasteiger partial charge in [0.25, 0.3) is 0 Å². The molecule has 0 spiro atoms. The maximum absolute atomic E-state index is 10.2. The van der Waals surface area contributed by atoms with E-state index in [4.69, 9.17) is 0 Å². The molecule has 0 amide bonds. The quantitative estimate of drug-likeness (QED) is 0.861. The summed E-state index contributed by atoms with van der Waals surface area (Å²) in [6.45, 7) is 6.83. The number of β-amino-alcohol motifs (C(OH)–C–C–N with tert-alkyl or cyclic N) is 1. The second-order valence-corrected chi connectivity index (χ2v) is 6.26. The fourth-order valence-corrected chi connectivity index (χ4v) is 2.09. The molecule has 1 atom stereocenters. The maximum atomic E-state index is 10.2. The molecule has 1 aliphatic carbocycles. The lowest BCUT2D eigenvalue weighted by atomic mass is 9.82. The van der Waals surface area contributed by atoms with Crippen molar-refractivity contribution in [2.24, 2.45) is 0 Å². The highest BCUT2D eigenvalue weighted by Crippen LogP contribution is 2.35. The van der Waals surface area contributed by atoms with Gasteiger partial charge in [-0.15, -0.1) is 0 Å². The minimum Gasteiger partial charge on any atom is -0.385 e. The maximum Gasteiger partial charge on any atom is 0.108 e. The molecule has 1 aliphatic rings. The van der Waals surface area contributed by atoms with Crippen LogP contribution < -0.4 is 5.32 Å². The molecule has 0 aromatic carbocycles. The zero-order chi connectivity index (χ0) is 13.2. The third-order valence-corrected chi connectivity index (χ3v) is 3.48. The van der Waals surface area contributed by atoms with Crippen LogP contribution in [0.4, 0.5) is 0 Å². The van der Waals surface area contributed by atoms with Gasteiger partial charge < -0.3 is 10.4 Å². The van der Waals surface area contributed by atoms with Gasteiger partial charge in [-0.2, -0.15) is 0 Å². The van der Waals surface area contributed by atoms with E-state index in [1.165, 1.54) is 19.3 Å². The van der Waals surface area contributed by atoms with E-state index in [0.717, 1.165) is 11.4 Å². The Bertz CT molecular complexity index is 394. The van der Waals surface area contributed by atoms with E-state index in [9.17, 15) is 5.11 Å². The van der Waals surface area contributed by atoms with Crippen molar-refractivity contribution in [2.75, 3.05) is 6.54 Å². The first-order valence-corrected chi connectivity index (χ1v) is 6.86. The monoisotopic (exact) mass is 248 g/mol. The molecular weight excluding hydrogens is 224 g/mol. The van der Waals surface area contributed by atoms with Gasteiger partial charge in [-0.05, 0) is 45.7 Å². The normalized spacial score (nSPS) is 18.4. The van der Waals surface area contributed by atoms with E-state index in [2.05, 4.69) is 37.1 Å². The molecule has 1 aromatic heterocycles. The molecule has 2 N–H and O–H groups in total. The van der Waals surface area contributed by atoms with Crippen molar-refractivity contribution in [1.82, 2.24) is 10.3 Å². The fraction of sp³-hybridized carbons (Fsp3) is 0.667. The van der Waals surface area contributed by atoms with Crippen LogP contribution in [0, 0.1) is 0 Å². The number of pyridine rings is 1. The van der Waals surface area contributed by atoms with Crippen LogP contribution in [0.1, 0.15) is 63.4 Å². The van der Waals surface area contributed by atoms with E-state index >= 15 is 0 Å². The number of rotatable bonds is 4. The smallest absolute Gasteiger partial charge is 0.108 e. The Labute approximate surface area is 110 Å². The van der Waals surface area contributed by atoms with E-state index < -0.39 is 6.10 Å². The average molecular weight is 248 g/mol. The van der Waals surface area contributed by atoms with E-state index in [0.29, 0.717) is 12.5 Å². The molecule has 3 heteroatoms. The first-order valence-electron chi connectivity index (χ1n) is 6.86. The molecule has 0 aliphatic heterocycles. The van der Waals surface area contributed by atoms with Crippen LogP contribution in [0.25, 0.3) is 0 Å². The predicted molar refractivity (Wildman–Crippen MR) is 73.5 cm³/mol. The van der Waals surface area contributed by atoms with Gasteiger partial charge in [0, 0.05) is 23.7 Å². The number of aliphatic hydroxyl groups excluding tert-OH is 1. The van der Waals surface area contributed by atoms with Crippen molar-refractivity contribution in [3.63, 3.8) is 0 Å². The van der Waals surface area contributed by atoms with Crippen molar-refractivity contribution in [1.29, 1.82) is 0 Å². The largest absolute Gasteiger partial charge is 0.385 e. The first kappa shape index (κ1) is 13.5. The summed E-state index contributed by atoms with van der Waals surface area (Å²) in [5.74, 6) is 0.618. The summed E-state index contributed by atoms with van der Waals surface area (Å²) in [5.41, 5.74) is 1.96.